The molecular formula is C9H17ClN4OS. The molecule has 0 aliphatic carbocycles. The fraction of sp³-hybridized carbons (Fsp3) is 0.667. The number of nitrogens with zero attached hydrogens (tertiary/aromatic N) is 2. The summed E-state index contributed by atoms with van der Waals surface area (Å²) in [6, 6.07) is 0. The van der Waals surface area contributed by atoms with Crippen molar-refractivity contribution >= 4 is 29.7 Å². The normalized spacial score (nSPS) is 10.0. The molecule has 0 radical (unpaired) electrons. The van der Waals surface area contributed by atoms with Crippen LogP contribution in [-0.4, -0.2) is 29.7 Å². The first-order valence-electron chi connectivity index (χ1n) is 4.87. The summed E-state index contributed by atoms with van der Waals surface area (Å²) in [7, 11) is 1.74. The maximum Gasteiger partial charge on any atom is 0.234 e. The molecule has 0 aromatic carbocycles. The van der Waals surface area contributed by atoms with Gasteiger partial charge in [0.25, 0.3) is 0 Å². The lowest BCUT2D eigenvalue weighted by Crippen LogP contribution is -2.31. The largest absolute Gasteiger partial charge is 0.348 e. The van der Waals surface area contributed by atoms with E-state index in [9.17, 15) is 4.79 Å². The molecule has 0 saturated carbocycles. The lowest BCUT2D eigenvalue weighted by atomic mass is 10.2. The Morgan fingerprint density at radius 2 is 2.12 bits per heavy atom. The summed E-state index contributed by atoms with van der Waals surface area (Å²) in [5.41, 5.74) is 0. The van der Waals surface area contributed by atoms with Crippen LogP contribution in [0.4, 0.5) is 0 Å². The minimum absolute atomic E-state index is 0. The monoisotopic (exact) mass is 264 g/mol. The maximum atomic E-state index is 11.1. The molecule has 1 aromatic rings. The Hall–Kier alpha value is -0.720. The molecule has 0 bridgehead atoms. The fourth-order valence-corrected chi connectivity index (χ4v) is 1.75. The summed E-state index contributed by atoms with van der Waals surface area (Å²) in [6.07, 6.45) is 0. The molecule has 0 aliphatic heterocycles. The van der Waals surface area contributed by atoms with Gasteiger partial charge in [-0.2, -0.15) is 0 Å². The van der Waals surface area contributed by atoms with Gasteiger partial charge in [-0.3, -0.25) is 4.79 Å². The molecular weight excluding hydrogens is 248 g/mol. The third-order valence-electron chi connectivity index (χ3n) is 1.75. The summed E-state index contributed by atoms with van der Waals surface area (Å²) in [6.45, 7) is 4.94. The van der Waals surface area contributed by atoms with Crippen molar-refractivity contribution in [2.24, 2.45) is 0 Å². The predicted molar refractivity (Wildman–Crippen MR) is 67.0 cm³/mol. The molecule has 0 spiro atoms. The molecule has 0 saturated heterocycles. The Balaban J connectivity index is 0.00000225. The SMILES string of the molecule is CNCC(=O)NCc1nnc(C(C)C)s1.Cl. The maximum absolute atomic E-state index is 11.1. The average Bonchev–Trinajstić information content (AvgIpc) is 2.63. The van der Waals surface area contributed by atoms with E-state index in [1.54, 1.807) is 18.4 Å². The smallest absolute Gasteiger partial charge is 0.234 e. The van der Waals surface area contributed by atoms with Gasteiger partial charge >= 0.3 is 0 Å². The number of hydrogen-bond acceptors (Lipinski definition) is 5. The highest BCUT2D eigenvalue weighted by Crippen LogP contribution is 2.18. The third-order valence-corrected chi connectivity index (χ3v) is 2.97. The van der Waals surface area contributed by atoms with Gasteiger partial charge in [0.2, 0.25) is 5.91 Å². The van der Waals surface area contributed by atoms with Crippen molar-refractivity contribution in [3.63, 3.8) is 0 Å². The fourth-order valence-electron chi connectivity index (χ4n) is 0.969. The van der Waals surface area contributed by atoms with Crippen molar-refractivity contribution in [2.45, 2.75) is 26.3 Å². The number of amides is 1. The molecule has 92 valence electrons. The number of nitrogens with one attached hydrogen (secondary N) is 2. The van der Waals surface area contributed by atoms with Gasteiger partial charge in [0.15, 0.2) is 0 Å². The summed E-state index contributed by atoms with van der Waals surface area (Å²) < 4.78 is 0. The molecule has 1 heterocycles. The average molecular weight is 265 g/mol. The molecule has 1 aromatic heterocycles. The lowest BCUT2D eigenvalue weighted by Gasteiger charge is -2.00. The van der Waals surface area contributed by atoms with Gasteiger partial charge in [0.05, 0.1) is 13.1 Å². The van der Waals surface area contributed by atoms with Crippen molar-refractivity contribution in [1.29, 1.82) is 0 Å². The molecule has 16 heavy (non-hydrogen) atoms. The zero-order valence-electron chi connectivity index (χ0n) is 9.61. The predicted octanol–water partition coefficient (Wildman–Crippen LogP) is 0.919. The topological polar surface area (TPSA) is 66.9 Å². The minimum Gasteiger partial charge on any atom is -0.348 e. The van der Waals surface area contributed by atoms with Crippen molar-refractivity contribution in [3.05, 3.63) is 10.0 Å². The molecule has 7 heteroatoms. The number of rotatable bonds is 5. The third kappa shape index (κ3) is 4.87. The number of likely N-dealkylation sites (N-methyl/N-ethyl adjacent to an activating group) is 1. The Bertz CT molecular complexity index is 329. The molecule has 0 fully saturated rings. The van der Waals surface area contributed by atoms with E-state index in [4.69, 9.17) is 0 Å². The highest BCUT2D eigenvalue weighted by Gasteiger charge is 2.08. The van der Waals surface area contributed by atoms with Crippen molar-refractivity contribution in [2.75, 3.05) is 13.6 Å². The molecule has 5 nitrogen and oxygen atoms in total. The molecule has 1 amide bonds. The van der Waals surface area contributed by atoms with Crippen LogP contribution in [0.1, 0.15) is 29.8 Å². The van der Waals surface area contributed by atoms with E-state index in [0.29, 0.717) is 19.0 Å². The van der Waals surface area contributed by atoms with Gasteiger partial charge in [-0.1, -0.05) is 25.2 Å². The first kappa shape index (κ1) is 15.3. The van der Waals surface area contributed by atoms with E-state index in [1.807, 2.05) is 0 Å². The summed E-state index contributed by atoms with van der Waals surface area (Å²) >= 11 is 1.54. The van der Waals surface area contributed by atoms with E-state index in [2.05, 4.69) is 34.7 Å². The molecule has 0 unspecified atom stereocenters. The van der Waals surface area contributed by atoms with E-state index < -0.39 is 0 Å². The molecule has 0 aliphatic rings. The van der Waals surface area contributed by atoms with Crippen molar-refractivity contribution in [1.82, 2.24) is 20.8 Å². The van der Waals surface area contributed by atoms with E-state index >= 15 is 0 Å². The Morgan fingerprint density at radius 1 is 1.44 bits per heavy atom. The molecule has 2 N–H and O–H groups in total. The Kier molecular flexibility index (Phi) is 7.20. The van der Waals surface area contributed by atoms with Crippen LogP contribution in [0, 0.1) is 0 Å². The number of aromatic nitrogens is 2. The summed E-state index contributed by atoms with van der Waals surface area (Å²) in [5.74, 6) is 0.364. The zero-order chi connectivity index (χ0) is 11.3. The molecule has 0 atom stereocenters. The van der Waals surface area contributed by atoms with Crippen LogP contribution < -0.4 is 10.6 Å². The van der Waals surface area contributed by atoms with Crippen molar-refractivity contribution < 1.29 is 4.79 Å². The lowest BCUT2D eigenvalue weighted by molar-refractivity contribution is -0.120. The van der Waals surface area contributed by atoms with Gasteiger partial charge in [0, 0.05) is 5.92 Å². The van der Waals surface area contributed by atoms with Gasteiger partial charge in [-0.25, -0.2) is 0 Å². The minimum atomic E-state index is -0.0289. The van der Waals surface area contributed by atoms with Crippen LogP contribution >= 0.6 is 23.7 Å². The number of hydrogen-bond donors (Lipinski definition) is 2. The zero-order valence-corrected chi connectivity index (χ0v) is 11.2. The first-order chi connectivity index (χ1) is 7.13. The van der Waals surface area contributed by atoms with E-state index in [-0.39, 0.29) is 18.3 Å². The highest BCUT2D eigenvalue weighted by molar-refractivity contribution is 7.11. The number of carbonyl (C=O) groups is 1. The number of carbonyl (C=O) groups excluding carboxylic acids is 1. The van der Waals surface area contributed by atoms with Crippen LogP contribution in [0.2, 0.25) is 0 Å². The Labute approximate surface area is 105 Å². The second-order valence-corrected chi connectivity index (χ2v) is 4.59. The summed E-state index contributed by atoms with van der Waals surface area (Å²) in [5, 5.41) is 15.4. The second kappa shape index (κ2) is 7.54. The van der Waals surface area contributed by atoms with Crippen molar-refractivity contribution in [3.8, 4) is 0 Å². The molecule has 1 rings (SSSR count). The first-order valence-corrected chi connectivity index (χ1v) is 5.68. The standard InChI is InChI=1S/C9H16N4OS.ClH/c1-6(2)9-13-12-8(15-9)5-11-7(14)4-10-3;/h6,10H,4-5H2,1-3H3,(H,11,14);1H. The van der Waals surface area contributed by atoms with Gasteiger partial charge < -0.3 is 10.6 Å². The number of halogens is 1. The van der Waals surface area contributed by atoms with Gasteiger partial charge in [-0.15, -0.1) is 22.6 Å². The second-order valence-electron chi connectivity index (χ2n) is 3.50. The van der Waals surface area contributed by atoms with Crippen LogP contribution in [0.5, 0.6) is 0 Å². The van der Waals surface area contributed by atoms with Crippen LogP contribution in [0.3, 0.4) is 0 Å². The van der Waals surface area contributed by atoms with Gasteiger partial charge in [0.1, 0.15) is 10.0 Å². The van der Waals surface area contributed by atoms with Crippen LogP contribution in [0.25, 0.3) is 0 Å². The highest BCUT2D eigenvalue weighted by atomic mass is 35.5. The van der Waals surface area contributed by atoms with Gasteiger partial charge in [-0.05, 0) is 7.05 Å². The van der Waals surface area contributed by atoms with E-state index in [0.717, 1.165) is 10.0 Å². The Morgan fingerprint density at radius 3 is 2.62 bits per heavy atom. The van der Waals surface area contributed by atoms with Crippen LogP contribution in [0.15, 0.2) is 0 Å². The van der Waals surface area contributed by atoms with Crippen LogP contribution in [-0.2, 0) is 11.3 Å². The summed E-state index contributed by atoms with van der Waals surface area (Å²) in [4.78, 5) is 11.1. The quantitative estimate of drug-likeness (QED) is 0.830. The van der Waals surface area contributed by atoms with E-state index in [1.165, 1.54) is 0 Å².